The van der Waals surface area contributed by atoms with Crippen molar-refractivity contribution in [2.45, 2.75) is 26.7 Å². The molecule has 1 N–H and O–H groups in total. The molecule has 1 aliphatic rings. The number of carbonyl (C=O) groups excluding carboxylic acids is 1. The Morgan fingerprint density at radius 3 is 2.92 bits per heavy atom. The summed E-state index contributed by atoms with van der Waals surface area (Å²) in [4.78, 5) is 13.5. The fourth-order valence-electron chi connectivity index (χ4n) is 1.62. The second kappa shape index (κ2) is 5.22. The van der Waals surface area contributed by atoms with Gasteiger partial charge in [-0.3, -0.25) is 4.79 Å². The zero-order valence-corrected chi connectivity index (χ0v) is 8.68. The Kier molecular flexibility index (Phi) is 4.22. The van der Waals surface area contributed by atoms with Gasteiger partial charge >= 0.3 is 0 Å². The average molecular weight is 184 g/mol. The summed E-state index contributed by atoms with van der Waals surface area (Å²) < 4.78 is 0. The van der Waals surface area contributed by atoms with Crippen LogP contribution in [0.1, 0.15) is 26.7 Å². The lowest BCUT2D eigenvalue weighted by Crippen LogP contribution is -2.42. The van der Waals surface area contributed by atoms with E-state index in [9.17, 15) is 4.79 Å². The summed E-state index contributed by atoms with van der Waals surface area (Å²) in [5, 5.41) is 3.15. The Balaban J connectivity index is 2.41. The van der Waals surface area contributed by atoms with Crippen LogP contribution in [0.2, 0.25) is 0 Å². The third-order valence-electron chi connectivity index (χ3n) is 2.25. The number of carbonyl (C=O) groups is 1. The van der Waals surface area contributed by atoms with Gasteiger partial charge in [-0.05, 0) is 25.3 Å². The van der Waals surface area contributed by atoms with E-state index < -0.39 is 0 Å². The van der Waals surface area contributed by atoms with Crippen molar-refractivity contribution in [3.63, 3.8) is 0 Å². The molecule has 3 heteroatoms. The molecule has 1 fully saturated rings. The predicted octanol–water partition coefficient (Wildman–Crippen LogP) is 0.854. The van der Waals surface area contributed by atoms with Gasteiger partial charge in [-0.15, -0.1) is 0 Å². The third-order valence-corrected chi connectivity index (χ3v) is 2.25. The van der Waals surface area contributed by atoms with Crippen molar-refractivity contribution in [3.05, 3.63) is 0 Å². The van der Waals surface area contributed by atoms with Gasteiger partial charge in [0.25, 0.3) is 0 Å². The largest absolute Gasteiger partial charge is 0.341 e. The van der Waals surface area contributed by atoms with Crippen LogP contribution in [0.25, 0.3) is 0 Å². The molecule has 0 radical (unpaired) electrons. The van der Waals surface area contributed by atoms with E-state index in [1.54, 1.807) is 0 Å². The standard InChI is InChI=1S/C10H20N2O/c1-9(2)8-12-6-4-3-5-11-7-10(12)13/h9,11H,3-8H2,1-2H3. The molecule has 0 aromatic carbocycles. The summed E-state index contributed by atoms with van der Waals surface area (Å²) in [7, 11) is 0. The highest BCUT2D eigenvalue weighted by Crippen LogP contribution is 2.03. The minimum absolute atomic E-state index is 0.258. The van der Waals surface area contributed by atoms with Crippen molar-refractivity contribution in [1.29, 1.82) is 0 Å². The van der Waals surface area contributed by atoms with Gasteiger partial charge in [0, 0.05) is 13.1 Å². The van der Waals surface area contributed by atoms with E-state index in [4.69, 9.17) is 0 Å². The molecule has 1 heterocycles. The highest BCUT2D eigenvalue weighted by atomic mass is 16.2. The molecule has 13 heavy (non-hydrogen) atoms. The molecule has 1 rings (SSSR count). The minimum atomic E-state index is 0.258. The highest BCUT2D eigenvalue weighted by molar-refractivity contribution is 5.78. The van der Waals surface area contributed by atoms with Gasteiger partial charge in [0.2, 0.25) is 5.91 Å². The van der Waals surface area contributed by atoms with E-state index in [0.717, 1.165) is 26.1 Å². The van der Waals surface area contributed by atoms with Crippen molar-refractivity contribution in [3.8, 4) is 0 Å². The number of nitrogens with one attached hydrogen (secondary N) is 1. The molecule has 0 aromatic rings. The first-order chi connectivity index (χ1) is 6.20. The molecule has 0 bridgehead atoms. The van der Waals surface area contributed by atoms with Crippen LogP contribution in [-0.2, 0) is 4.79 Å². The van der Waals surface area contributed by atoms with Gasteiger partial charge in [0.05, 0.1) is 6.54 Å². The Labute approximate surface area is 80.5 Å². The van der Waals surface area contributed by atoms with Crippen LogP contribution in [0.3, 0.4) is 0 Å². The molecule has 0 unspecified atom stereocenters. The first-order valence-electron chi connectivity index (χ1n) is 5.18. The smallest absolute Gasteiger partial charge is 0.236 e. The first-order valence-corrected chi connectivity index (χ1v) is 5.18. The lowest BCUT2D eigenvalue weighted by atomic mass is 10.1. The Hall–Kier alpha value is -0.570. The van der Waals surface area contributed by atoms with E-state index in [1.807, 2.05) is 4.90 Å². The van der Waals surface area contributed by atoms with Crippen LogP contribution in [0.15, 0.2) is 0 Å². The van der Waals surface area contributed by atoms with Gasteiger partial charge in [-0.25, -0.2) is 0 Å². The first kappa shape index (κ1) is 10.5. The summed E-state index contributed by atoms with van der Waals surface area (Å²) in [5.74, 6) is 0.830. The Bertz CT molecular complexity index is 168. The SMILES string of the molecule is CC(C)CN1CCCCNCC1=O. The third kappa shape index (κ3) is 3.77. The zero-order valence-electron chi connectivity index (χ0n) is 8.68. The molecule has 0 aromatic heterocycles. The minimum Gasteiger partial charge on any atom is -0.341 e. The molecule has 3 nitrogen and oxygen atoms in total. The van der Waals surface area contributed by atoms with E-state index in [0.29, 0.717) is 12.5 Å². The number of nitrogens with zero attached hydrogens (tertiary/aromatic N) is 1. The Morgan fingerprint density at radius 2 is 2.23 bits per heavy atom. The molecule has 1 aliphatic heterocycles. The van der Waals surface area contributed by atoms with Crippen LogP contribution in [0.4, 0.5) is 0 Å². The van der Waals surface area contributed by atoms with Crippen LogP contribution in [-0.4, -0.2) is 37.0 Å². The van der Waals surface area contributed by atoms with Gasteiger partial charge in [0.15, 0.2) is 0 Å². The number of hydrogen-bond donors (Lipinski definition) is 1. The van der Waals surface area contributed by atoms with E-state index in [2.05, 4.69) is 19.2 Å². The molecule has 1 amide bonds. The topological polar surface area (TPSA) is 32.3 Å². The van der Waals surface area contributed by atoms with E-state index in [-0.39, 0.29) is 5.91 Å². The lowest BCUT2D eigenvalue weighted by Gasteiger charge is -2.26. The molecule has 0 aliphatic carbocycles. The monoisotopic (exact) mass is 184 g/mol. The van der Waals surface area contributed by atoms with Crippen LogP contribution < -0.4 is 5.32 Å². The second-order valence-electron chi connectivity index (χ2n) is 4.12. The fourth-order valence-corrected chi connectivity index (χ4v) is 1.62. The molecule has 76 valence electrons. The number of amides is 1. The molecular formula is C10H20N2O. The molecule has 0 atom stereocenters. The maximum atomic E-state index is 11.6. The summed E-state index contributed by atoms with van der Waals surface area (Å²) in [6.07, 6.45) is 2.31. The van der Waals surface area contributed by atoms with E-state index in [1.165, 1.54) is 6.42 Å². The normalized spacial score (nSPS) is 20.2. The maximum absolute atomic E-state index is 11.6. The summed E-state index contributed by atoms with van der Waals surface area (Å²) >= 11 is 0. The maximum Gasteiger partial charge on any atom is 0.236 e. The van der Waals surface area contributed by atoms with Crippen molar-refractivity contribution < 1.29 is 4.79 Å². The van der Waals surface area contributed by atoms with Gasteiger partial charge < -0.3 is 10.2 Å². The Morgan fingerprint density at radius 1 is 1.46 bits per heavy atom. The quantitative estimate of drug-likeness (QED) is 0.690. The zero-order chi connectivity index (χ0) is 9.68. The predicted molar refractivity (Wildman–Crippen MR) is 53.5 cm³/mol. The van der Waals surface area contributed by atoms with Crippen LogP contribution in [0.5, 0.6) is 0 Å². The van der Waals surface area contributed by atoms with Gasteiger partial charge in [0.1, 0.15) is 0 Å². The summed E-state index contributed by atoms with van der Waals surface area (Å²) in [6, 6.07) is 0. The van der Waals surface area contributed by atoms with Crippen molar-refractivity contribution in [2.24, 2.45) is 5.92 Å². The summed E-state index contributed by atoms with van der Waals surface area (Å²) in [5.41, 5.74) is 0. The fraction of sp³-hybridized carbons (Fsp3) is 0.900. The number of hydrogen-bond acceptors (Lipinski definition) is 2. The molecule has 1 saturated heterocycles. The highest BCUT2D eigenvalue weighted by Gasteiger charge is 2.15. The van der Waals surface area contributed by atoms with Crippen LogP contribution >= 0.6 is 0 Å². The molecular weight excluding hydrogens is 164 g/mol. The van der Waals surface area contributed by atoms with Gasteiger partial charge in [-0.2, -0.15) is 0 Å². The average Bonchev–Trinajstić information content (AvgIpc) is 2.04. The summed E-state index contributed by atoms with van der Waals surface area (Å²) in [6.45, 7) is 7.66. The lowest BCUT2D eigenvalue weighted by molar-refractivity contribution is -0.131. The molecule has 0 saturated carbocycles. The van der Waals surface area contributed by atoms with Gasteiger partial charge in [-0.1, -0.05) is 13.8 Å². The number of rotatable bonds is 2. The van der Waals surface area contributed by atoms with Crippen molar-refractivity contribution in [2.75, 3.05) is 26.2 Å². The van der Waals surface area contributed by atoms with Crippen molar-refractivity contribution >= 4 is 5.91 Å². The molecule has 0 spiro atoms. The van der Waals surface area contributed by atoms with Crippen molar-refractivity contribution in [1.82, 2.24) is 10.2 Å². The van der Waals surface area contributed by atoms with E-state index >= 15 is 0 Å². The second-order valence-corrected chi connectivity index (χ2v) is 4.12. The van der Waals surface area contributed by atoms with Crippen LogP contribution in [0, 0.1) is 5.92 Å².